The number of hydrogen-bond acceptors (Lipinski definition) is 3. The maximum absolute atomic E-state index is 14.5. The van der Waals surface area contributed by atoms with Gasteiger partial charge in [0.2, 0.25) is 0 Å². The fraction of sp³-hybridized carbons (Fsp3) is 0.130. The lowest BCUT2D eigenvalue weighted by molar-refractivity contribution is -0.268. The van der Waals surface area contributed by atoms with Crippen LogP contribution in [0.2, 0.25) is 0 Å². The first-order valence-corrected chi connectivity index (χ1v) is 9.85. The minimum absolute atomic E-state index is 0.124. The highest BCUT2D eigenvalue weighted by molar-refractivity contribution is 7.80. The van der Waals surface area contributed by atoms with E-state index in [4.69, 9.17) is 17.0 Å². The van der Waals surface area contributed by atoms with Crippen LogP contribution in [0.15, 0.2) is 89.9 Å². The second-order valence-electron chi connectivity index (χ2n) is 6.98. The number of anilines is 1. The van der Waals surface area contributed by atoms with Crippen LogP contribution in [-0.2, 0) is 10.5 Å². The van der Waals surface area contributed by atoms with Crippen molar-refractivity contribution < 1.29 is 17.9 Å². The molecule has 1 aliphatic rings. The van der Waals surface area contributed by atoms with Crippen LogP contribution in [0.5, 0.6) is 0 Å². The third kappa shape index (κ3) is 3.98. The average Bonchev–Trinajstić information content (AvgIpc) is 2.74. The van der Waals surface area contributed by atoms with Crippen molar-refractivity contribution in [2.75, 3.05) is 4.90 Å². The molecule has 1 fully saturated rings. The molecule has 0 aromatic heterocycles. The summed E-state index contributed by atoms with van der Waals surface area (Å²) in [7, 11) is 0. The quantitative estimate of drug-likeness (QED) is 0.521. The summed E-state index contributed by atoms with van der Waals surface area (Å²) in [6.45, 7) is 1.79. The van der Waals surface area contributed by atoms with E-state index >= 15 is 0 Å². The molecule has 0 unspecified atom stereocenters. The summed E-state index contributed by atoms with van der Waals surface area (Å²) in [4.78, 5) is 5.72. The van der Waals surface area contributed by atoms with Gasteiger partial charge in [-0.3, -0.25) is 0 Å². The molecule has 0 radical (unpaired) electrons. The zero-order valence-corrected chi connectivity index (χ0v) is 17.2. The van der Waals surface area contributed by atoms with Gasteiger partial charge in [0.05, 0.1) is 11.4 Å². The first-order chi connectivity index (χ1) is 14.8. The summed E-state index contributed by atoms with van der Waals surface area (Å²) in [6, 6.07) is 23.0. The standard InChI is InChI=1S/C23H18F3N3OS/c1-16-12-14-17(15-13-16)22(23(24,25)26)28-21(31)29(19-10-6-3-7-11-19)20(30-22)27-18-8-4-2-5-9-18/h2-15H,1H3,(H,28,31)/t22-/m0/s1. The van der Waals surface area contributed by atoms with Gasteiger partial charge in [-0.15, -0.1) is 0 Å². The number of halogens is 3. The molecular formula is C23H18F3N3OS. The molecule has 3 aromatic rings. The van der Waals surface area contributed by atoms with E-state index in [1.54, 1.807) is 79.7 Å². The molecule has 0 bridgehead atoms. The molecule has 1 saturated heterocycles. The molecule has 158 valence electrons. The number of para-hydroxylation sites is 2. The Labute approximate surface area is 183 Å². The van der Waals surface area contributed by atoms with Crippen molar-refractivity contribution in [1.82, 2.24) is 5.32 Å². The van der Waals surface area contributed by atoms with Crippen molar-refractivity contribution in [1.29, 1.82) is 0 Å². The topological polar surface area (TPSA) is 36.9 Å². The van der Waals surface area contributed by atoms with Gasteiger partial charge in [-0.25, -0.2) is 4.90 Å². The van der Waals surface area contributed by atoms with Crippen LogP contribution in [0, 0.1) is 6.92 Å². The number of ether oxygens (including phenoxy) is 1. The number of rotatable bonds is 3. The smallest absolute Gasteiger partial charge is 0.423 e. The van der Waals surface area contributed by atoms with E-state index in [2.05, 4.69) is 10.3 Å². The van der Waals surface area contributed by atoms with Crippen LogP contribution in [0.1, 0.15) is 11.1 Å². The number of amidine groups is 1. The van der Waals surface area contributed by atoms with Crippen LogP contribution < -0.4 is 10.2 Å². The van der Waals surface area contributed by atoms with Crippen molar-refractivity contribution >= 4 is 34.7 Å². The number of hydrogen-bond donors (Lipinski definition) is 1. The average molecular weight is 441 g/mol. The van der Waals surface area contributed by atoms with E-state index in [-0.39, 0.29) is 16.7 Å². The Balaban J connectivity index is 1.89. The third-order valence-electron chi connectivity index (χ3n) is 4.77. The Morgan fingerprint density at radius 2 is 1.48 bits per heavy atom. The number of thiocarbonyl (C=S) groups is 1. The molecule has 0 saturated carbocycles. The summed E-state index contributed by atoms with van der Waals surface area (Å²) in [5.74, 6) is 0. The lowest BCUT2D eigenvalue weighted by Crippen LogP contribution is -2.67. The minimum atomic E-state index is -4.83. The number of nitrogens with zero attached hydrogens (tertiary/aromatic N) is 2. The highest BCUT2D eigenvalue weighted by Crippen LogP contribution is 2.43. The fourth-order valence-electron chi connectivity index (χ4n) is 3.20. The van der Waals surface area contributed by atoms with Crippen molar-refractivity contribution in [3.05, 3.63) is 96.1 Å². The highest BCUT2D eigenvalue weighted by Gasteiger charge is 2.63. The fourth-order valence-corrected chi connectivity index (χ4v) is 3.53. The predicted molar refractivity (Wildman–Crippen MR) is 118 cm³/mol. The monoisotopic (exact) mass is 441 g/mol. The van der Waals surface area contributed by atoms with Crippen LogP contribution in [0.3, 0.4) is 0 Å². The second kappa shape index (κ2) is 8.03. The molecule has 3 aromatic carbocycles. The highest BCUT2D eigenvalue weighted by atomic mass is 32.1. The van der Waals surface area contributed by atoms with Gasteiger partial charge in [0.1, 0.15) is 0 Å². The van der Waals surface area contributed by atoms with Crippen molar-refractivity contribution in [3.63, 3.8) is 0 Å². The van der Waals surface area contributed by atoms with E-state index in [0.717, 1.165) is 5.56 Å². The third-order valence-corrected chi connectivity index (χ3v) is 5.06. The molecule has 4 nitrogen and oxygen atoms in total. The number of benzene rings is 3. The van der Waals surface area contributed by atoms with Gasteiger partial charge in [0.15, 0.2) is 5.11 Å². The summed E-state index contributed by atoms with van der Waals surface area (Å²) < 4.78 is 49.1. The van der Waals surface area contributed by atoms with E-state index in [1.165, 1.54) is 17.0 Å². The van der Waals surface area contributed by atoms with E-state index < -0.39 is 11.9 Å². The van der Waals surface area contributed by atoms with Gasteiger partial charge in [0, 0.05) is 5.56 Å². The summed E-state index contributed by atoms with van der Waals surface area (Å²) >= 11 is 5.40. The summed E-state index contributed by atoms with van der Waals surface area (Å²) in [6.07, 6.45) is -4.83. The van der Waals surface area contributed by atoms with Crippen molar-refractivity contribution in [2.45, 2.75) is 18.8 Å². The van der Waals surface area contributed by atoms with Gasteiger partial charge in [-0.1, -0.05) is 66.2 Å². The summed E-state index contributed by atoms with van der Waals surface area (Å²) in [5.41, 5.74) is -1.22. The molecule has 31 heavy (non-hydrogen) atoms. The molecule has 0 aliphatic carbocycles. The molecule has 1 N–H and O–H groups in total. The van der Waals surface area contributed by atoms with Crippen LogP contribution in [-0.4, -0.2) is 17.3 Å². The summed E-state index contributed by atoms with van der Waals surface area (Å²) in [5, 5.41) is 2.22. The molecule has 1 aliphatic heterocycles. The largest absolute Gasteiger partial charge is 0.453 e. The van der Waals surface area contributed by atoms with Crippen molar-refractivity contribution in [2.24, 2.45) is 4.99 Å². The maximum Gasteiger partial charge on any atom is 0.453 e. The van der Waals surface area contributed by atoms with Gasteiger partial charge in [-0.05, 0) is 43.4 Å². The first kappa shape index (κ1) is 20.9. The van der Waals surface area contributed by atoms with Crippen LogP contribution >= 0.6 is 12.2 Å². The Kier molecular flexibility index (Phi) is 5.41. The number of nitrogens with one attached hydrogen (secondary N) is 1. The Morgan fingerprint density at radius 1 is 0.903 bits per heavy atom. The predicted octanol–water partition coefficient (Wildman–Crippen LogP) is 5.81. The molecule has 1 heterocycles. The van der Waals surface area contributed by atoms with Gasteiger partial charge < -0.3 is 10.1 Å². The maximum atomic E-state index is 14.5. The first-order valence-electron chi connectivity index (χ1n) is 9.44. The lowest BCUT2D eigenvalue weighted by Gasteiger charge is -2.45. The zero-order valence-electron chi connectivity index (χ0n) is 16.4. The van der Waals surface area contributed by atoms with Gasteiger partial charge >= 0.3 is 17.9 Å². The normalized spacial score (nSPS) is 20.3. The molecule has 8 heteroatoms. The molecular weight excluding hydrogens is 423 g/mol. The number of aryl methyl sites for hydroxylation is 1. The van der Waals surface area contributed by atoms with E-state index in [9.17, 15) is 13.2 Å². The number of alkyl halides is 3. The van der Waals surface area contributed by atoms with Gasteiger partial charge in [0.25, 0.3) is 0 Å². The SMILES string of the molecule is Cc1ccc([C@]2(C(F)(F)F)NC(=S)N(c3ccccc3)C(=Nc3ccccc3)O2)cc1. The Bertz CT molecular complexity index is 1100. The Hall–Kier alpha value is -3.39. The molecule has 0 spiro atoms. The molecule has 1 atom stereocenters. The van der Waals surface area contributed by atoms with Gasteiger partial charge in [-0.2, -0.15) is 18.2 Å². The van der Waals surface area contributed by atoms with E-state index in [1.807, 2.05) is 0 Å². The number of aliphatic imine (C=N–C) groups is 1. The zero-order chi connectivity index (χ0) is 22.1. The van der Waals surface area contributed by atoms with Crippen molar-refractivity contribution in [3.8, 4) is 0 Å². The second-order valence-corrected chi connectivity index (χ2v) is 7.36. The van der Waals surface area contributed by atoms with Crippen LogP contribution in [0.25, 0.3) is 0 Å². The molecule has 4 rings (SSSR count). The Morgan fingerprint density at radius 3 is 2.06 bits per heavy atom. The molecule has 0 amide bonds. The lowest BCUT2D eigenvalue weighted by atomic mass is 10.00. The minimum Gasteiger partial charge on any atom is -0.423 e. The van der Waals surface area contributed by atoms with E-state index in [0.29, 0.717) is 11.4 Å². The van der Waals surface area contributed by atoms with Crippen LogP contribution in [0.4, 0.5) is 24.5 Å².